The van der Waals surface area contributed by atoms with E-state index in [1.807, 2.05) is 24.3 Å². The molecule has 1 aliphatic carbocycles. The topological polar surface area (TPSA) is 53.3 Å². The standard InChI is InChI=1S/C21H24N2O3S2/c1-25-12-13-27-21-22-19-18(16-6-4-3-5-7-17(16)28-19)20(24)23(21)14-8-10-15(26-2)11-9-14/h8-11H,3-7,12-13H2,1-2H3. The molecule has 2 heterocycles. The quantitative estimate of drug-likeness (QED) is 0.257. The van der Waals surface area contributed by atoms with Crippen molar-refractivity contribution in [3.63, 3.8) is 0 Å². The molecule has 28 heavy (non-hydrogen) atoms. The van der Waals surface area contributed by atoms with Crippen molar-refractivity contribution >= 4 is 33.3 Å². The number of rotatable bonds is 6. The van der Waals surface area contributed by atoms with Crippen LogP contribution in [-0.4, -0.2) is 36.1 Å². The van der Waals surface area contributed by atoms with Crippen molar-refractivity contribution < 1.29 is 9.47 Å². The SMILES string of the molecule is COCCSc1nc2sc3c(c2c(=O)n1-c1ccc(OC)cc1)CCCCC3. The molecule has 0 unspecified atom stereocenters. The van der Waals surface area contributed by atoms with Crippen molar-refractivity contribution in [2.45, 2.75) is 37.3 Å². The van der Waals surface area contributed by atoms with E-state index < -0.39 is 0 Å². The van der Waals surface area contributed by atoms with Crippen LogP contribution in [0.3, 0.4) is 0 Å². The zero-order valence-electron chi connectivity index (χ0n) is 16.2. The van der Waals surface area contributed by atoms with Crippen LogP contribution in [0.4, 0.5) is 0 Å². The highest BCUT2D eigenvalue weighted by atomic mass is 32.2. The molecule has 2 aromatic heterocycles. The van der Waals surface area contributed by atoms with Crippen LogP contribution in [0, 0.1) is 0 Å². The van der Waals surface area contributed by atoms with Crippen molar-refractivity contribution in [1.29, 1.82) is 0 Å². The molecule has 1 aromatic carbocycles. The van der Waals surface area contributed by atoms with Crippen molar-refractivity contribution in [3.05, 3.63) is 45.1 Å². The lowest BCUT2D eigenvalue weighted by Gasteiger charge is -2.13. The number of thioether (sulfide) groups is 1. The summed E-state index contributed by atoms with van der Waals surface area (Å²) in [5.41, 5.74) is 2.08. The second-order valence-corrected chi connectivity index (χ2v) is 8.96. The Morgan fingerprint density at radius 2 is 1.93 bits per heavy atom. The van der Waals surface area contributed by atoms with Gasteiger partial charge in [-0.05, 0) is 55.5 Å². The predicted molar refractivity (Wildman–Crippen MR) is 116 cm³/mol. The van der Waals surface area contributed by atoms with E-state index in [9.17, 15) is 4.79 Å². The average molecular weight is 417 g/mol. The highest BCUT2D eigenvalue weighted by molar-refractivity contribution is 7.99. The predicted octanol–water partition coefficient (Wildman–Crippen LogP) is 4.46. The minimum atomic E-state index is 0.0366. The van der Waals surface area contributed by atoms with Crippen LogP contribution in [0.5, 0.6) is 5.75 Å². The Bertz CT molecular complexity index is 1020. The van der Waals surface area contributed by atoms with Crippen molar-refractivity contribution in [3.8, 4) is 11.4 Å². The monoisotopic (exact) mass is 416 g/mol. The molecular formula is C21H24N2O3S2. The van der Waals surface area contributed by atoms with Crippen LogP contribution >= 0.6 is 23.1 Å². The van der Waals surface area contributed by atoms with Gasteiger partial charge in [-0.3, -0.25) is 9.36 Å². The van der Waals surface area contributed by atoms with Gasteiger partial charge >= 0.3 is 0 Å². The van der Waals surface area contributed by atoms with E-state index in [1.54, 1.807) is 41.9 Å². The van der Waals surface area contributed by atoms with E-state index in [1.165, 1.54) is 23.3 Å². The molecule has 4 rings (SSSR count). The number of fused-ring (bicyclic) bond motifs is 3. The van der Waals surface area contributed by atoms with E-state index in [4.69, 9.17) is 14.5 Å². The van der Waals surface area contributed by atoms with Gasteiger partial charge in [-0.15, -0.1) is 11.3 Å². The molecule has 0 bridgehead atoms. The maximum Gasteiger partial charge on any atom is 0.267 e. The number of hydrogen-bond donors (Lipinski definition) is 0. The second kappa shape index (κ2) is 8.68. The van der Waals surface area contributed by atoms with E-state index in [-0.39, 0.29) is 5.56 Å². The Labute approximate surface area is 172 Å². The number of aromatic nitrogens is 2. The molecule has 0 N–H and O–H groups in total. The summed E-state index contributed by atoms with van der Waals surface area (Å²) >= 11 is 3.26. The summed E-state index contributed by atoms with van der Waals surface area (Å²) in [5.74, 6) is 1.51. The lowest BCUT2D eigenvalue weighted by Crippen LogP contribution is -2.22. The van der Waals surface area contributed by atoms with Gasteiger partial charge in [0, 0.05) is 17.7 Å². The van der Waals surface area contributed by atoms with Gasteiger partial charge < -0.3 is 9.47 Å². The minimum Gasteiger partial charge on any atom is -0.497 e. The van der Waals surface area contributed by atoms with Gasteiger partial charge in [-0.1, -0.05) is 18.2 Å². The van der Waals surface area contributed by atoms with Crippen molar-refractivity contribution in [1.82, 2.24) is 9.55 Å². The van der Waals surface area contributed by atoms with Crippen LogP contribution in [0.1, 0.15) is 29.7 Å². The number of aryl methyl sites for hydroxylation is 2. The Morgan fingerprint density at radius 3 is 2.68 bits per heavy atom. The summed E-state index contributed by atoms with van der Waals surface area (Å²) in [4.78, 5) is 20.8. The number of nitrogens with zero attached hydrogens (tertiary/aromatic N) is 2. The molecule has 0 aliphatic heterocycles. The van der Waals surface area contributed by atoms with E-state index in [2.05, 4.69) is 0 Å². The van der Waals surface area contributed by atoms with Crippen molar-refractivity contribution in [2.24, 2.45) is 0 Å². The van der Waals surface area contributed by atoms with Gasteiger partial charge in [0.1, 0.15) is 10.6 Å². The zero-order chi connectivity index (χ0) is 19.5. The van der Waals surface area contributed by atoms with Crippen LogP contribution in [0.15, 0.2) is 34.2 Å². The molecule has 7 heteroatoms. The second-order valence-electron chi connectivity index (χ2n) is 6.82. The molecule has 5 nitrogen and oxygen atoms in total. The highest BCUT2D eigenvalue weighted by Crippen LogP contribution is 2.34. The molecule has 0 fully saturated rings. The number of hydrogen-bond acceptors (Lipinski definition) is 6. The molecule has 0 spiro atoms. The summed E-state index contributed by atoms with van der Waals surface area (Å²) in [6, 6.07) is 7.59. The molecule has 0 saturated heterocycles. The third kappa shape index (κ3) is 3.71. The van der Waals surface area contributed by atoms with E-state index in [0.717, 1.165) is 51.8 Å². The molecular weight excluding hydrogens is 392 g/mol. The molecule has 1 aliphatic rings. The van der Waals surface area contributed by atoms with Crippen LogP contribution in [0.2, 0.25) is 0 Å². The lowest BCUT2D eigenvalue weighted by atomic mass is 10.1. The minimum absolute atomic E-state index is 0.0366. The zero-order valence-corrected chi connectivity index (χ0v) is 17.8. The van der Waals surface area contributed by atoms with Gasteiger partial charge in [0.15, 0.2) is 5.16 Å². The first kappa shape index (κ1) is 19.5. The normalized spacial score (nSPS) is 14.1. The Kier molecular flexibility index (Phi) is 6.04. The maximum absolute atomic E-state index is 13.6. The molecule has 0 amide bonds. The van der Waals surface area contributed by atoms with Crippen LogP contribution in [-0.2, 0) is 17.6 Å². The summed E-state index contributed by atoms with van der Waals surface area (Å²) < 4.78 is 12.2. The smallest absolute Gasteiger partial charge is 0.267 e. The molecule has 148 valence electrons. The number of thiophene rings is 1. The fourth-order valence-electron chi connectivity index (χ4n) is 3.64. The van der Waals surface area contributed by atoms with Crippen LogP contribution in [0.25, 0.3) is 15.9 Å². The summed E-state index contributed by atoms with van der Waals surface area (Å²) in [6.07, 6.45) is 5.61. The third-order valence-corrected chi connectivity index (χ3v) is 7.15. The van der Waals surface area contributed by atoms with E-state index >= 15 is 0 Å². The fourth-order valence-corrected chi connectivity index (χ4v) is 5.85. The van der Waals surface area contributed by atoms with Gasteiger partial charge in [-0.25, -0.2) is 4.98 Å². The molecule has 0 radical (unpaired) electrons. The Hall–Kier alpha value is -1.83. The average Bonchev–Trinajstić information content (AvgIpc) is 2.90. The van der Waals surface area contributed by atoms with Gasteiger partial charge in [0.25, 0.3) is 5.56 Å². The summed E-state index contributed by atoms with van der Waals surface area (Å²) in [6.45, 7) is 0.613. The summed E-state index contributed by atoms with van der Waals surface area (Å²) in [7, 11) is 3.32. The first-order valence-electron chi connectivity index (χ1n) is 9.56. The van der Waals surface area contributed by atoms with Crippen LogP contribution < -0.4 is 10.3 Å². The third-order valence-electron chi connectivity index (χ3n) is 5.06. The number of benzene rings is 1. The first-order valence-corrected chi connectivity index (χ1v) is 11.4. The highest BCUT2D eigenvalue weighted by Gasteiger charge is 2.22. The molecule has 0 saturated carbocycles. The van der Waals surface area contributed by atoms with Gasteiger partial charge in [-0.2, -0.15) is 0 Å². The van der Waals surface area contributed by atoms with E-state index in [0.29, 0.717) is 6.61 Å². The molecule has 0 atom stereocenters. The van der Waals surface area contributed by atoms with Gasteiger partial charge in [0.2, 0.25) is 0 Å². The Morgan fingerprint density at radius 1 is 1.14 bits per heavy atom. The van der Waals surface area contributed by atoms with Gasteiger partial charge in [0.05, 0.1) is 24.8 Å². The summed E-state index contributed by atoms with van der Waals surface area (Å²) in [5, 5.41) is 1.53. The Balaban J connectivity index is 1.90. The first-order chi connectivity index (χ1) is 13.7. The maximum atomic E-state index is 13.6. The molecule has 3 aromatic rings. The van der Waals surface area contributed by atoms with Crippen molar-refractivity contribution in [2.75, 3.05) is 26.6 Å². The lowest BCUT2D eigenvalue weighted by molar-refractivity contribution is 0.218. The number of methoxy groups -OCH3 is 2. The fraction of sp³-hybridized carbons (Fsp3) is 0.429. The number of ether oxygens (including phenoxy) is 2. The largest absolute Gasteiger partial charge is 0.497 e.